The number of nitrogens with two attached hydrogens (primary N) is 1. The zero-order chi connectivity index (χ0) is 11.4. The van der Waals surface area contributed by atoms with Crippen molar-refractivity contribution < 1.29 is 4.74 Å². The molecule has 0 saturated carbocycles. The molecule has 1 aromatic rings. The number of halogens is 2. The number of ether oxygens (including phenoxy) is 1. The zero-order valence-corrected chi connectivity index (χ0v) is 9.99. The lowest BCUT2D eigenvalue weighted by Crippen LogP contribution is -2.36. The van der Waals surface area contributed by atoms with E-state index < -0.39 is 0 Å². The summed E-state index contributed by atoms with van der Waals surface area (Å²) < 4.78 is 5.04. The molecule has 0 bridgehead atoms. The van der Waals surface area contributed by atoms with Crippen molar-refractivity contribution in [2.75, 3.05) is 14.2 Å². The molecule has 1 atom stereocenters. The highest BCUT2D eigenvalue weighted by Gasteiger charge is 2.16. The summed E-state index contributed by atoms with van der Waals surface area (Å²) in [4.78, 5) is 0. The maximum absolute atomic E-state index is 6.08. The van der Waals surface area contributed by atoms with Crippen molar-refractivity contribution >= 4 is 23.2 Å². The van der Waals surface area contributed by atoms with Gasteiger partial charge in [-0.05, 0) is 13.1 Å². The average Bonchev–Trinajstić information content (AvgIpc) is 2.26. The van der Waals surface area contributed by atoms with Crippen molar-refractivity contribution in [1.82, 2.24) is 10.7 Å². The summed E-state index contributed by atoms with van der Waals surface area (Å²) in [6.07, 6.45) is -0.249. The lowest BCUT2D eigenvalue weighted by molar-refractivity contribution is 0.414. The van der Waals surface area contributed by atoms with Crippen LogP contribution in [-0.4, -0.2) is 14.2 Å². The van der Waals surface area contributed by atoms with Crippen LogP contribution in [-0.2, 0) is 0 Å². The van der Waals surface area contributed by atoms with Gasteiger partial charge in [0.15, 0.2) is 0 Å². The number of hydrogen-bond acceptors (Lipinski definition) is 4. The SMILES string of the molecule is CNC(NN)c1ccc(OC)c(Cl)c1Cl. The Bertz CT molecular complexity index is 342. The van der Waals surface area contributed by atoms with Gasteiger partial charge in [-0.2, -0.15) is 0 Å². The first-order valence-corrected chi connectivity index (χ1v) is 5.06. The van der Waals surface area contributed by atoms with E-state index in [2.05, 4.69) is 10.7 Å². The quantitative estimate of drug-likeness (QED) is 0.432. The van der Waals surface area contributed by atoms with E-state index in [0.29, 0.717) is 15.8 Å². The topological polar surface area (TPSA) is 59.3 Å². The Morgan fingerprint density at radius 2 is 2.00 bits per heavy atom. The van der Waals surface area contributed by atoms with Crippen LogP contribution in [0.5, 0.6) is 5.75 Å². The number of hydrazine groups is 1. The zero-order valence-electron chi connectivity index (χ0n) is 8.47. The van der Waals surface area contributed by atoms with Crippen molar-refractivity contribution in [3.05, 3.63) is 27.7 Å². The first kappa shape index (κ1) is 12.5. The molecule has 0 fully saturated rings. The smallest absolute Gasteiger partial charge is 0.139 e. The van der Waals surface area contributed by atoms with Crippen LogP contribution >= 0.6 is 23.2 Å². The molecule has 0 spiro atoms. The Balaban J connectivity index is 3.16. The lowest BCUT2D eigenvalue weighted by Gasteiger charge is -2.18. The molecule has 0 saturated heterocycles. The van der Waals surface area contributed by atoms with E-state index in [1.807, 2.05) is 0 Å². The van der Waals surface area contributed by atoms with Crippen molar-refractivity contribution in [2.24, 2.45) is 5.84 Å². The Morgan fingerprint density at radius 1 is 1.33 bits per heavy atom. The van der Waals surface area contributed by atoms with Gasteiger partial charge in [0.1, 0.15) is 10.8 Å². The molecule has 0 aliphatic carbocycles. The van der Waals surface area contributed by atoms with Gasteiger partial charge in [-0.25, -0.2) is 5.43 Å². The van der Waals surface area contributed by atoms with Crippen molar-refractivity contribution in [3.63, 3.8) is 0 Å². The molecular weight excluding hydrogens is 237 g/mol. The molecule has 6 heteroatoms. The van der Waals surface area contributed by atoms with Crippen LogP contribution in [0.3, 0.4) is 0 Å². The van der Waals surface area contributed by atoms with E-state index in [1.54, 1.807) is 19.2 Å². The molecule has 0 amide bonds. The van der Waals surface area contributed by atoms with Crippen LogP contribution < -0.4 is 21.3 Å². The van der Waals surface area contributed by atoms with Crippen LogP contribution in [0.1, 0.15) is 11.7 Å². The second-order valence-electron chi connectivity index (χ2n) is 2.87. The molecule has 4 N–H and O–H groups in total. The Labute approximate surface area is 98.7 Å². The third-order valence-corrected chi connectivity index (χ3v) is 2.94. The molecule has 84 valence electrons. The summed E-state index contributed by atoms with van der Waals surface area (Å²) in [7, 11) is 3.30. The fourth-order valence-corrected chi connectivity index (χ4v) is 1.77. The lowest BCUT2D eigenvalue weighted by atomic mass is 10.1. The normalized spacial score (nSPS) is 12.6. The van der Waals surface area contributed by atoms with E-state index >= 15 is 0 Å². The van der Waals surface area contributed by atoms with Crippen LogP contribution in [0.2, 0.25) is 10.0 Å². The number of nitrogens with one attached hydrogen (secondary N) is 2. The van der Waals surface area contributed by atoms with Crippen LogP contribution in [0.4, 0.5) is 0 Å². The molecule has 0 radical (unpaired) electrons. The molecule has 0 aliphatic heterocycles. The van der Waals surface area contributed by atoms with Crippen LogP contribution in [0.15, 0.2) is 12.1 Å². The number of rotatable bonds is 4. The standard InChI is InChI=1S/C9H13Cl2N3O/c1-13-9(14-12)5-3-4-6(15-2)8(11)7(5)10/h3-4,9,13-14H,12H2,1-2H3. The molecule has 1 rings (SSSR count). The number of hydrogen-bond donors (Lipinski definition) is 3. The van der Waals surface area contributed by atoms with E-state index in [-0.39, 0.29) is 6.17 Å². The second kappa shape index (κ2) is 5.53. The number of benzene rings is 1. The molecule has 0 aliphatic rings. The minimum Gasteiger partial charge on any atom is -0.495 e. The maximum Gasteiger partial charge on any atom is 0.139 e. The van der Waals surface area contributed by atoms with E-state index in [9.17, 15) is 0 Å². The van der Waals surface area contributed by atoms with E-state index in [4.69, 9.17) is 33.8 Å². The van der Waals surface area contributed by atoms with Crippen LogP contribution in [0.25, 0.3) is 0 Å². The van der Waals surface area contributed by atoms with Gasteiger partial charge < -0.3 is 10.1 Å². The minimum atomic E-state index is -0.249. The molecule has 0 heterocycles. The molecule has 1 aromatic carbocycles. The molecule has 0 aromatic heterocycles. The second-order valence-corrected chi connectivity index (χ2v) is 3.63. The Hall–Kier alpha value is -0.520. The fourth-order valence-electron chi connectivity index (χ4n) is 1.26. The number of methoxy groups -OCH3 is 1. The van der Waals surface area contributed by atoms with Crippen LogP contribution in [0, 0.1) is 0 Å². The van der Waals surface area contributed by atoms with Gasteiger partial charge in [0.05, 0.1) is 18.3 Å². The van der Waals surface area contributed by atoms with Gasteiger partial charge in [0, 0.05) is 5.56 Å². The maximum atomic E-state index is 6.08. The van der Waals surface area contributed by atoms with E-state index in [1.165, 1.54) is 7.11 Å². The summed E-state index contributed by atoms with van der Waals surface area (Å²) in [5, 5.41) is 3.76. The van der Waals surface area contributed by atoms with Crippen molar-refractivity contribution in [2.45, 2.75) is 6.17 Å². The van der Waals surface area contributed by atoms with Gasteiger partial charge >= 0.3 is 0 Å². The van der Waals surface area contributed by atoms with Gasteiger partial charge in [0.2, 0.25) is 0 Å². The summed E-state index contributed by atoms with van der Waals surface area (Å²) in [6, 6.07) is 3.54. The predicted molar refractivity (Wildman–Crippen MR) is 62.1 cm³/mol. The fraction of sp³-hybridized carbons (Fsp3) is 0.333. The van der Waals surface area contributed by atoms with Crippen molar-refractivity contribution in [1.29, 1.82) is 0 Å². The highest BCUT2D eigenvalue weighted by atomic mass is 35.5. The molecule has 1 unspecified atom stereocenters. The third-order valence-electron chi connectivity index (χ3n) is 2.06. The van der Waals surface area contributed by atoms with Gasteiger partial charge in [-0.15, -0.1) is 0 Å². The summed E-state index contributed by atoms with van der Waals surface area (Å²) in [5.41, 5.74) is 3.35. The first-order chi connectivity index (χ1) is 7.15. The summed E-state index contributed by atoms with van der Waals surface area (Å²) in [6.45, 7) is 0. The van der Waals surface area contributed by atoms with Crippen molar-refractivity contribution in [3.8, 4) is 5.75 Å². The van der Waals surface area contributed by atoms with Gasteiger partial charge in [0.25, 0.3) is 0 Å². The molecular formula is C9H13Cl2N3O. The monoisotopic (exact) mass is 249 g/mol. The largest absolute Gasteiger partial charge is 0.495 e. The third kappa shape index (κ3) is 2.53. The highest BCUT2D eigenvalue weighted by Crippen LogP contribution is 2.36. The van der Waals surface area contributed by atoms with Gasteiger partial charge in [-0.3, -0.25) is 5.84 Å². The summed E-state index contributed by atoms with van der Waals surface area (Å²) >= 11 is 12.1. The minimum absolute atomic E-state index is 0.249. The first-order valence-electron chi connectivity index (χ1n) is 4.31. The van der Waals surface area contributed by atoms with E-state index in [0.717, 1.165) is 5.56 Å². The summed E-state index contributed by atoms with van der Waals surface area (Å²) in [5.74, 6) is 5.90. The predicted octanol–water partition coefficient (Wildman–Crippen LogP) is 1.68. The molecule has 4 nitrogen and oxygen atoms in total. The Morgan fingerprint density at radius 3 is 2.47 bits per heavy atom. The average molecular weight is 250 g/mol. The van der Waals surface area contributed by atoms with Gasteiger partial charge in [-0.1, -0.05) is 29.3 Å². The Kier molecular flexibility index (Phi) is 4.63. The molecule has 15 heavy (non-hydrogen) atoms. The highest BCUT2D eigenvalue weighted by molar-refractivity contribution is 6.43.